The van der Waals surface area contributed by atoms with Gasteiger partial charge in [0.25, 0.3) is 5.91 Å². The Morgan fingerprint density at radius 3 is 2.59 bits per heavy atom. The SMILES string of the molecule is Cn1c([C@@H]2CCN(C(=O)c3ccc(C(F)(F)F)cc3)C2)nc2ccncc21. The fraction of sp³-hybridized carbons (Fsp3) is 0.316. The molecule has 0 saturated carbocycles. The number of imidazole rings is 1. The summed E-state index contributed by atoms with van der Waals surface area (Å²) in [6.45, 7) is 1.04. The van der Waals surface area contributed by atoms with E-state index in [1.165, 1.54) is 12.1 Å². The Morgan fingerprint density at radius 1 is 1.19 bits per heavy atom. The zero-order valence-electron chi connectivity index (χ0n) is 14.6. The summed E-state index contributed by atoms with van der Waals surface area (Å²) in [6, 6.07) is 6.20. The molecule has 140 valence electrons. The van der Waals surface area contributed by atoms with E-state index in [9.17, 15) is 18.0 Å². The van der Waals surface area contributed by atoms with Gasteiger partial charge < -0.3 is 9.47 Å². The molecule has 27 heavy (non-hydrogen) atoms. The van der Waals surface area contributed by atoms with E-state index in [0.29, 0.717) is 13.1 Å². The summed E-state index contributed by atoms with van der Waals surface area (Å²) in [7, 11) is 1.92. The summed E-state index contributed by atoms with van der Waals surface area (Å²) in [5, 5.41) is 0. The fourth-order valence-corrected chi connectivity index (χ4v) is 3.56. The zero-order chi connectivity index (χ0) is 19.2. The first-order chi connectivity index (χ1) is 12.8. The average Bonchev–Trinajstić information content (AvgIpc) is 3.26. The van der Waals surface area contributed by atoms with Crippen LogP contribution >= 0.6 is 0 Å². The third-order valence-corrected chi connectivity index (χ3v) is 5.02. The first kappa shape index (κ1) is 17.5. The lowest BCUT2D eigenvalue weighted by atomic mass is 10.1. The minimum absolute atomic E-state index is 0.0841. The van der Waals surface area contributed by atoms with Crippen LogP contribution in [0.5, 0.6) is 0 Å². The number of hydrogen-bond acceptors (Lipinski definition) is 3. The molecule has 1 atom stereocenters. The summed E-state index contributed by atoms with van der Waals surface area (Å²) >= 11 is 0. The van der Waals surface area contributed by atoms with Crippen LogP contribution in [0.15, 0.2) is 42.7 Å². The molecule has 1 amide bonds. The van der Waals surface area contributed by atoms with Gasteiger partial charge in [-0.05, 0) is 36.8 Å². The number of nitrogens with zero attached hydrogens (tertiary/aromatic N) is 4. The van der Waals surface area contributed by atoms with Crippen LogP contribution in [0, 0.1) is 0 Å². The van der Waals surface area contributed by atoms with E-state index in [0.717, 1.165) is 35.4 Å². The number of pyridine rings is 1. The number of fused-ring (bicyclic) bond motifs is 1. The van der Waals surface area contributed by atoms with Crippen molar-refractivity contribution in [3.8, 4) is 0 Å². The van der Waals surface area contributed by atoms with Crippen LogP contribution < -0.4 is 0 Å². The maximum atomic E-state index is 12.7. The van der Waals surface area contributed by atoms with Gasteiger partial charge in [-0.3, -0.25) is 9.78 Å². The Balaban J connectivity index is 1.52. The lowest BCUT2D eigenvalue weighted by Crippen LogP contribution is -2.28. The fourth-order valence-electron chi connectivity index (χ4n) is 3.56. The minimum atomic E-state index is -4.41. The number of halogens is 3. The van der Waals surface area contributed by atoms with Gasteiger partial charge in [0, 0.05) is 37.8 Å². The van der Waals surface area contributed by atoms with Gasteiger partial charge >= 0.3 is 6.18 Å². The smallest absolute Gasteiger partial charge is 0.338 e. The van der Waals surface area contributed by atoms with Crippen LogP contribution in [0.1, 0.15) is 34.1 Å². The highest BCUT2D eigenvalue weighted by molar-refractivity contribution is 5.94. The summed E-state index contributed by atoms with van der Waals surface area (Å²) < 4.78 is 40.0. The molecular formula is C19H17F3N4O. The lowest BCUT2D eigenvalue weighted by molar-refractivity contribution is -0.137. The second-order valence-corrected chi connectivity index (χ2v) is 6.71. The Bertz CT molecular complexity index is 994. The maximum absolute atomic E-state index is 12.7. The molecule has 0 N–H and O–H groups in total. The van der Waals surface area contributed by atoms with Crippen molar-refractivity contribution in [1.29, 1.82) is 0 Å². The summed E-state index contributed by atoms with van der Waals surface area (Å²) in [5.74, 6) is 0.716. The molecule has 0 spiro atoms. The largest absolute Gasteiger partial charge is 0.416 e. The van der Waals surface area contributed by atoms with Gasteiger partial charge in [-0.15, -0.1) is 0 Å². The van der Waals surface area contributed by atoms with E-state index in [2.05, 4.69) is 9.97 Å². The molecule has 3 aromatic rings. The van der Waals surface area contributed by atoms with Gasteiger partial charge in [-0.25, -0.2) is 4.98 Å². The van der Waals surface area contributed by atoms with Crippen LogP contribution in [-0.2, 0) is 13.2 Å². The van der Waals surface area contributed by atoms with E-state index in [1.54, 1.807) is 17.3 Å². The predicted octanol–water partition coefficient (Wildman–Crippen LogP) is 3.62. The molecule has 1 aliphatic rings. The number of likely N-dealkylation sites (tertiary alicyclic amines) is 1. The lowest BCUT2D eigenvalue weighted by Gasteiger charge is -2.17. The zero-order valence-corrected chi connectivity index (χ0v) is 14.6. The second-order valence-electron chi connectivity index (χ2n) is 6.71. The first-order valence-electron chi connectivity index (χ1n) is 8.57. The quantitative estimate of drug-likeness (QED) is 0.689. The van der Waals surface area contributed by atoms with Gasteiger partial charge in [0.05, 0.1) is 22.8 Å². The number of alkyl halides is 3. The number of amides is 1. The van der Waals surface area contributed by atoms with Crippen LogP contribution in [0.2, 0.25) is 0 Å². The van der Waals surface area contributed by atoms with Crippen molar-refractivity contribution in [1.82, 2.24) is 19.4 Å². The third kappa shape index (κ3) is 3.15. The van der Waals surface area contributed by atoms with Crippen molar-refractivity contribution in [2.24, 2.45) is 7.05 Å². The van der Waals surface area contributed by atoms with Crippen molar-refractivity contribution >= 4 is 16.9 Å². The standard InChI is InChI=1S/C19H17F3N4O/c1-25-16-10-23-8-6-15(16)24-17(25)13-7-9-26(11-13)18(27)12-2-4-14(5-3-12)19(20,21)22/h2-6,8,10,13H,7,9,11H2,1H3/t13-/m1/s1. The van der Waals surface area contributed by atoms with E-state index >= 15 is 0 Å². The number of carbonyl (C=O) groups excluding carboxylic acids is 1. The molecule has 1 aliphatic heterocycles. The number of aromatic nitrogens is 3. The summed E-state index contributed by atoms with van der Waals surface area (Å²) in [4.78, 5) is 23.1. The molecular weight excluding hydrogens is 357 g/mol. The van der Waals surface area contributed by atoms with Gasteiger partial charge in [-0.2, -0.15) is 13.2 Å². The van der Waals surface area contributed by atoms with Crippen molar-refractivity contribution in [2.45, 2.75) is 18.5 Å². The Labute approximate surface area is 153 Å². The van der Waals surface area contributed by atoms with E-state index in [1.807, 2.05) is 17.7 Å². The van der Waals surface area contributed by atoms with Crippen molar-refractivity contribution in [3.05, 3.63) is 59.7 Å². The monoisotopic (exact) mass is 374 g/mol. The van der Waals surface area contributed by atoms with E-state index in [-0.39, 0.29) is 17.4 Å². The van der Waals surface area contributed by atoms with Crippen LogP contribution in [-0.4, -0.2) is 38.4 Å². The molecule has 1 aromatic carbocycles. The molecule has 0 radical (unpaired) electrons. The van der Waals surface area contributed by atoms with Crippen molar-refractivity contribution < 1.29 is 18.0 Å². The molecule has 0 unspecified atom stereocenters. The van der Waals surface area contributed by atoms with E-state index in [4.69, 9.17) is 0 Å². The number of hydrogen-bond donors (Lipinski definition) is 0. The molecule has 3 heterocycles. The highest BCUT2D eigenvalue weighted by atomic mass is 19.4. The Morgan fingerprint density at radius 2 is 1.93 bits per heavy atom. The van der Waals surface area contributed by atoms with Gasteiger partial charge in [0.2, 0.25) is 0 Å². The second kappa shape index (κ2) is 6.37. The van der Waals surface area contributed by atoms with Crippen molar-refractivity contribution in [3.63, 3.8) is 0 Å². The number of rotatable bonds is 2. The molecule has 4 rings (SSSR count). The number of carbonyl (C=O) groups is 1. The Kier molecular flexibility index (Phi) is 4.13. The van der Waals surface area contributed by atoms with Crippen molar-refractivity contribution in [2.75, 3.05) is 13.1 Å². The highest BCUT2D eigenvalue weighted by Crippen LogP contribution is 2.31. The third-order valence-electron chi connectivity index (χ3n) is 5.02. The molecule has 1 saturated heterocycles. The normalized spacial score (nSPS) is 17.6. The predicted molar refractivity (Wildman–Crippen MR) is 93.2 cm³/mol. The molecule has 0 bridgehead atoms. The number of benzene rings is 1. The minimum Gasteiger partial charge on any atom is -0.338 e. The average molecular weight is 374 g/mol. The first-order valence-corrected chi connectivity index (χ1v) is 8.57. The summed E-state index contributed by atoms with van der Waals surface area (Å²) in [5.41, 5.74) is 1.29. The van der Waals surface area contributed by atoms with Crippen LogP contribution in [0.25, 0.3) is 11.0 Å². The molecule has 1 fully saturated rings. The topological polar surface area (TPSA) is 51.0 Å². The molecule has 5 nitrogen and oxygen atoms in total. The van der Waals surface area contributed by atoms with Gasteiger partial charge in [-0.1, -0.05) is 0 Å². The highest BCUT2D eigenvalue weighted by Gasteiger charge is 2.33. The van der Waals surface area contributed by atoms with Crippen LogP contribution in [0.3, 0.4) is 0 Å². The van der Waals surface area contributed by atoms with Gasteiger partial charge in [0.15, 0.2) is 0 Å². The van der Waals surface area contributed by atoms with E-state index < -0.39 is 11.7 Å². The van der Waals surface area contributed by atoms with Crippen LogP contribution in [0.4, 0.5) is 13.2 Å². The number of aryl methyl sites for hydroxylation is 1. The van der Waals surface area contributed by atoms with Gasteiger partial charge in [0.1, 0.15) is 5.82 Å². The maximum Gasteiger partial charge on any atom is 0.416 e. The summed E-state index contributed by atoms with van der Waals surface area (Å²) in [6.07, 6.45) is -0.202. The molecule has 8 heteroatoms. The Hall–Kier alpha value is -2.90. The molecule has 0 aliphatic carbocycles. The molecule has 2 aromatic heterocycles.